The minimum Gasteiger partial charge on any atom is -0.429 e. The van der Waals surface area contributed by atoms with E-state index in [1.54, 1.807) is 12.1 Å². The summed E-state index contributed by atoms with van der Waals surface area (Å²) in [6.45, 7) is 1.82. The number of benzene rings is 1. The number of amides is 2. The van der Waals surface area contributed by atoms with E-state index in [0.29, 0.717) is 30.7 Å². The smallest absolute Gasteiger partial charge is 0.429 e. The summed E-state index contributed by atoms with van der Waals surface area (Å²) in [5, 5.41) is 0.535. The van der Waals surface area contributed by atoms with Crippen molar-refractivity contribution in [2.75, 3.05) is 0 Å². The summed E-state index contributed by atoms with van der Waals surface area (Å²) in [5.74, 6) is -2.82. The van der Waals surface area contributed by atoms with Crippen molar-refractivity contribution in [2.45, 2.75) is 62.9 Å². The molecular formula is C30H27F2N5O7S. The van der Waals surface area contributed by atoms with Crippen molar-refractivity contribution in [1.82, 2.24) is 24.0 Å². The number of imide groups is 1. The van der Waals surface area contributed by atoms with E-state index >= 15 is 4.39 Å². The molecule has 4 aromatic rings. The topological polar surface area (TPSA) is 151 Å². The van der Waals surface area contributed by atoms with Crippen LogP contribution in [0.4, 0.5) is 13.6 Å². The van der Waals surface area contributed by atoms with Gasteiger partial charge in [0.05, 0.1) is 23.0 Å². The molecule has 1 saturated heterocycles. The Balaban J connectivity index is 1.24. The van der Waals surface area contributed by atoms with Gasteiger partial charge >= 0.3 is 6.16 Å². The number of pyridine rings is 1. The normalized spacial score (nSPS) is 18.9. The molecule has 0 radical (unpaired) electrons. The fourth-order valence-electron chi connectivity index (χ4n) is 5.61. The summed E-state index contributed by atoms with van der Waals surface area (Å²) in [6, 6.07) is 7.34. The Labute approximate surface area is 256 Å². The molecule has 2 atom stereocenters. The van der Waals surface area contributed by atoms with Gasteiger partial charge in [-0.3, -0.25) is 14.4 Å². The van der Waals surface area contributed by atoms with Crippen molar-refractivity contribution in [3.05, 3.63) is 71.8 Å². The molecular weight excluding hydrogens is 612 g/mol. The van der Waals surface area contributed by atoms with Gasteiger partial charge in [0.1, 0.15) is 11.9 Å². The maximum absolute atomic E-state index is 15.0. The van der Waals surface area contributed by atoms with E-state index < -0.39 is 45.7 Å². The monoisotopic (exact) mass is 639 g/mol. The minimum atomic E-state index is -4.14. The van der Waals surface area contributed by atoms with Crippen LogP contribution in [0.1, 0.15) is 49.8 Å². The van der Waals surface area contributed by atoms with Gasteiger partial charge in [-0.2, -0.15) is 0 Å². The Morgan fingerprint density at radius 3 is 2.51 bits per heavy atom. The Morgan fingerprint density at radius 1 is 1.04 bits per heavy atom. The predicted molar refractivity (Wildman–Crippen MR) is 153 cm³/mol. The number of hydrogen-bond donors (Lipinski definition) is 0. The Kier molecular flexibility index (Phi) is 8.03. The molecule has 0 bridgehead atoms. The maximum Gasteiger partial charge on any atom is 0.534 e. The van der Waals surface area contributed by atoms with Crippen LogP contribution in [0, 0.1) is 24.5 Å². The molecule has 45 heavy (non-hydrogen) atoms. The van der Waals surface area contributed by atoms with Crippen LogP contribution in [0.2, 0.25) is 0 Å². The lowest BCUT2D eigenvalue weighted by Gasteiger charge is -2.28. The van der Waals surface area contributed by atoms with Crippen LogP contribution in [0.15, 0.2) is 53.8 Å². The largest absolute Gasteiger partial charge is 0.534 e. The number of ether oxygens (including phenoxy) is 1. The highest BCUT2D eigenvalue weighted by atomic mass is 32.2. The molecule has 1 aliphatic heterocycles. The lowest BCUT2D eigenvalue weighted by atomic mass is 9.84. The molecule has 3 aromatic heterocycles. The summed E-state index contributed by atoms with van der Waals surface area (Å²) in [4.78, 5) is 53.0. The van der Waals surface area contributed by atoms with E-state index in [1.165, 1.54) is 18.3 Å². The first kappa shape index (κ1) is 30.2. The zero-order valence-corrected chi connectivity index (χ0v) is 24.8. The van der Waals surface area contributed by atoms with Gasteiger partial charge in [-0.1, -0.05) is 22.8 Å². The van der Waals surface area contributed by atoms with E-state index in [0.717, 1.165) is 28.0 Å². The zero-order chi connectivity index (χ0) is 31.9. The molecule has 0 spiro atoms. The van der Waals surface area contributed by atoms with Crippen LogP contribution < -0.4 is 0 Å². The van der Waals surface area contributed by atoms with Crippen LogP contribution in [-0.2, 0) is 35.6 Å². The van der Waals surface area contributed by atoms with Gasteiger partial charge < -0.3 is 4.74 Å². The van der Waals surface area contributed by atoms with E-state index in [1.807, 2.05) is 6.92 Å². The van der Waals surface area contributed by atoms with Crippen LogP contribution in [0.3, 0.4) is 0 Å². The van der Waals surface area contributed by atoms with E-state index in [-0.39, 0.29) is 58.2 Å². The maximum atomic E-state index is 15.0. The zero-order valence-electron chi connectivity index (χ0n) is 24.0. The van der Waals surface area contributed by atoms with Gasteiger partial charge in [0.25, 0.3) is 21.8 Å². The number of aryl methyl sites for hydroxylation is 1. The third-order valence-corrected chi connectivity index (χ3v) is 9.53. The number of carbonyl (C=O) groups is 3. The van der Waals surface area contributed by atoms with E-state index in [4.69, 9.17) is 9.57 Å². The molecule has 6 rings (SSSR count). The summed E-state index contributed by atoms with van der Waals surface area (Å²) in [7, 11) is -4.14. The van der Waals surface area contributed by atoms with Crippen molar-refractivity contribution >= 4 is 39.0 Å². The molecule has 2 aliphatic rings. The molecule has 12 nitrogen and oxygen atoms in total. The average Bonchev–Trinajstić information content (AvgIpc) is 3.54. The van der Waals surface area contributed by atoms with Gasteiger partial charge in [-0.25, -0.2) is 40.9 Å². The molecule has 234 valence electrons. The van der Waals surface area contributed by atoms with Gasteiger partial charge in [0, 0.05) is 30.0 Å². The van der Waals surface area contributed by atoms with Crippen molar-refractivity contribution < 1.29 is 41.2 Å². The first-order valence-corrected chi connectivity index (χ1v) is 15.7. The molecule has 4 heterocycles. The standard InChI is InChI=1S/C30H27F2N5O7S/c1-17-5-7-21(8-6-17)45(41,42)36-16-23(22-13-19(31)14-34-29(22)36)28-33-15-24(32)25(35-28)12-18-3-2-4-20(11-18)43-30(40)44-37-26(38)9-10-27(37)39/h5-8,13-16,18,20H,2-4,9-12H2,1H3/t18-,20+/m0/s1. The highest BCUT2D eigenvalue weighted by Gasteiger charge is 2.35. The van der Waals surface area contributed by atoms with Gasteiger partial charge in [0.15, 0.2) is 17.3 Å². The second kappa shape index (κ2) is 12.0. The fraction of sp³-hybridized carbons (Fsp3) is 0.333. The van der Waals surface area contributed by atoms with Crippen LogP contribution in [0.25, 0.3) is 22.4 Å². The quantitative estimate of drug-likeness (QED) is 0.207. The first-order valence-electron chi connectivity index (χ1n) is 14.2. The minimum absolute atomic E-state index is 0.0000275. The highest BCUT2D eigenvalue weighted by molar-refractivity contribution is 7.90. The summed E-state index contributed by atoms with van der Waals surface area (Å²) in [6.07, 6.45) is 3.61. The van der Waals surface area contributed by atoms with E-state index in [2.05, 4.69) is 15.0 Å². The third-order valence-electron chi connectivity index (χ3n) is 7.87. The van der Waals surface area contributed by atoms with Gasteiger partial charge in [-0.15, -0.1) is 0 Å². The summed E-state index contributed by atoms with van der Waals surface area (Å²) >= 11 is 0. The molecule has 2 fully saturated rings. The van der Waals surface area contributed by atoms with Crippen molar-refractivity contribution in [3.63, 3.8) is 0 Å². The Bertz CT molecular complexity index is 1910. The second-order valence-corrected chi connectivity index (χ2v) is 12.9. The van der Waals surface area contributed by atoms with Crippen molar-refractivity contribution in [2.24, 2.45) is 5.92 Å². The second-order valence-electron chi connectivity index (χ2n) is 11.1. The molecule has 0 unspecified atom stereocenters. The molecule has 1 aromatic carbocycles. The van der Waals surface area contributed by atoms with Crippen LogP contribution in [0.5, 0.6) is 0 Å². The van der Waals surface area contributed by atoms with Crippen molar-refractivity contribution in [3.8, 4) is 11.4 Å². The highest BCUT2D eigenvalue weighted by Crippen LogP contribution is 2.33. The number of aromatic nitrogens is 4. The molecule has 0 N–H and O–H groups in total. The third kappa shape index (κ3) is 6.12. The number of carbonyl (C=O) groups excluding carboxylic acids is 3. The number of hydroxylamine groups is 2. The lowest BCUT2D eigenvalue weighted by Crippen LogP contribution is -2.35. The number of nitrogens with zero attached hydrogens (tertiary/aromatic N) is 5. The van der Waals surface area contributed by atoms with Gasteiger partial charge in [-0.05, 0) is 63.1 Å². The Morgan fingerprint density at radius 2 is 1.78 bits per heavy atom. The summed E-state index contributed by atoms with van der Waals surface area (Å²) in [5.41, 5.74) is 1.02. The first-order chi connectivity index (χ1) is 21.5. The van der Waals surface area contributed by atoms with Crippen molar-refractivity contribution in [1.29, 1.82) is 0 Å². The van der Waals surface area contributed by atoms with E-state index in [9.17, 15) is 27.2 Å². The number of hydrogen-bond acceptors (Lipinski definition) is 10. The van der Waals surface area contributed by atoms with Gasteiger partial charge in [0.2, 0.25) is 0 Å². The molecule has 1 saturated carbocycles. The number of fused-ring (bicyclic) bond motifs is 1. The molecule has 1 aliphatic carbocycles. The average molecular weight is 640 g/mol. The SMILES string of the molecule is Cc1ccc(S(=O)(=O)n2cc(-c3ncc(F)c(C[C@H]4CCC[C@@H](OC(=O)ON5C(=O)CCC5=O)C4)n3)c3cc(F)cnc32)cc1. The van der Waals surface area contributed by atoms with Crippen LogP contribution >= 0.6 is 0 Å². The van der Waals surface area contributed by atoms with Crippen LogP contribution in [-0.4, -0.2) is 56.5 Å². The lowest BCUT2D eigenvalue weighted by molar-refractivity contribution is -0.179. The summed E-state index contributed by atoms with van der Waals surface area (Å²) < 4.78 is 62.7. The number of rotatable bonds is 7. The number of halogens is 2. The predicted octanol–water partition coefficient (Wildman–Crippen LogP) is 4.64. The molecule has 2 amide bonds. The fourth-order valence-corrected chi connectivity index (χ4v) is 6.94. The Hall–Kier alpha value is -4.79. The molecule has 15 heteroatoms.